The summed E-state index contributed by atoms with van der Waals surface area (Å²) in [5, 5.41) is 7.28. The number of rotatable bonds is 5. The molecule has 4 rings (SSSR count). The highest BCUT2D eigenvalue weighted by Crippen LogP contribution is 2.32. The molecule has 3 aromatic carbocycles. The molecule has 1 aliphatic heterocycles. The Morgan fingerprint density at radius 3 is 2.73 bits per heavy atom. The second kappa shape index (κ2) is 7.06. The van der Waals surface area contributed by atoms with E-state index in [9.17, 15) is 4.79 Å². The van der Waals surface area contributed by atoms with Crippen LogP contribution in [-0.2, 0) is 11.3 Å². The number of quaternary nitrogens is 1. The number of hydrogen-bond acceptors (Lipinski definition) is 3. The Hall–Kier alpha value is -3.05. The third-order valence-corrected chi connectivity index (χ3v) is 4.57. The molecule has 1 amide bonds. The predicted octanol–water partition coefficient (Wildman–Crippen LogP) is 2.66. The zero-order chi connectivity index (χ0) is 17.9. The SMILES string of the molecule is C[C@@H]([NH2+]Cc1ccc2c(c1)OCO2)C(=O)Nc1ccc2ccccc2c1. The number of amides is 1. The number of fused-ring (bicyclic) bond motifs is 2. The lowest BCUT2D eigenvalue weighted by molar-refractivity contribution is -0.688. The lowest BCUT2D eigenvalue weighted by atomic mass is 10.1. The molecule has 1 aliphatic rings. The van der Waals surface area contributed by atoms with Crippen molar-refractivity contribution in [3.05, 3.63) is 66.2 Å². The molecule has 0 unspecified atom stereocenters. The van der Waals surface area contributed by atoms with E-state index in [1.54, 1.807) is 0 Å². The van der Waals surface area contributed by atoms with Gasteiger partial charge in [0.25, 0.3) is 5.91 Å². The Balaban J connectivity index is 1.36. The molecular weight excluding hydrogens is 328 g/mol. The van der Waals surface area contributed by atoms with E-state index < -0.39 is 0 Å². The fraction of sp³-hybridized carbons (Fsp3) is 0.190. The average Bonchev–Trinajstić information content (AvgIpc) is 3.13. The zero-order valence-electron chi connectivity index (χ0n) is 14.6. The van der Waals surface area contributed by atoms with Crippen LogP contribution < -0.4 is 20.1 Å². The van der Waals surface area contributed by atoms with Gasteiger partial charge in [0.05, 0.1) is 0 Å². The van der Waals surface area contributed by atoms with Gasteiger partial charge in [-0.3, -0.25) is 4.79 Å². The zero-order valence-corrected chi connectivity index (χ0v) is 14.6. The summed E-state index contributed by atoms with van der Waals surface area (Å²) in [5.74, 6) is 1.53. The van der Waals surface area contributed by atoms with Crippen LogP contribution in [0.3, 0.4) is 0 Å². The van der Waals surface area contributed by atoms with Crippen LogP contribution in [0.25, 0.3) is 10.8 Å². The molecule has 1 heterocycles. The fourth-order valence-electron chi connectivity index (χ4n) is 3.01. The third-order valence-electron chi connectivity index (χ3n) is 4.57. The molecule has 0 aromatic heterocycles. The van der Waals surface area contributed by atoms with E-state index in [1.807, 2.05) is 66.8 Å². The normalized spacial score (nSPS) is 13.6. The van der Waals surface area contributed by atoms with Crippen molar-refractivity contribution in [3.8, 4) is 11.5 Å². The highest BCUT2D eigenvalue weighted by atomic mass is 16.7. The molecular formula is C21H21N2O3+. The largest absolute Gasteiger partial charge is 0.454 e. The van der Waals surface area contributed by atoms with Gasteiger partial charge in [-0.05, 0) is 48.0 Å². The van der Waals surface area contributed by atoms with Gasteiger partial charge in [0, 0.05) is 11.3 Å². The Labute approximate surface area is 151 Å². The summed E-state index contributed by atoms with van der Waals surface area (Å²) in [7, 11) is 0. The van der Waals surface area contributed by atoms with Crippen molar-refractivity contribution < 1.29 is 19.6 Å². The van der Waals surface area contributed by atoms with Crippen molar-refractivity contribution in [2.45, 2.75) is 19.5 Å². The number of hydrogen-bond donors (Lipinski definition) is 2. The van der Waals surface area contributed by atoms with Gasteiger partial charge in [-0.25, -0.2) is 0 Å². The number of nitrogens with two attached hydrogens (primary N) is 1. The molecule has 3 aromatic rings. The maximum atomic E-state index is 12.5. The molecule has 0 radical (unpaired) electrons. The summed E-state index contributed by atoms with van der Waals surface area (Å²) in [6.07, 6.45) is 0. The first kappa shape index (κ1) is 16.4. The van der Waals surface area contributed by atoms with Gasteiger partial charge in [0.2, 0.25) is 6.79 Å². The molecule has 26 heavy (non-hydrogen) atoms. The maximum Gasteiger partial charge on any atom is 0.282 e. The molecule has 0 saturated heterocycles. The summed E-state index contributed by atoms with van der Waals surface area (Å²) in [4.78, 5) is 12.5. The highest BCUT2D eigenvalue weighted by Gasteiger charge is 2.18. The predicted molar refractivity (Wildman–Crippen MR) is 100 cm³/mol. The van der Waals surface area contributed by atoms with Crippen molar-refractivity contribution in [2.24, 2.45) is 0 Å². The van der Waals surface area contributed by atoms with Gasteiger partial charge < -0.3 is 20.1 Å². The minimum atomic E-state index is -0.202. The van der Waals surface area contributed by atoms with E-state index in [2.05, 4.69) is 11.4 Å². The Morgan fingerprint density at radius 2 is 1.85 bits per heavy atom. The van der Waals surface area contributed by atoms with Crippen LogP contribution in [0, 0.1) is 0 Å². The van der Waals surface area contributed by atoms with Gasteiger partial charge in [-0.1, -0.05) is 30.3 Å². The van der Waals surface area contributed by atoms with Gasteiger partial charge in [0.15, 0.2) is 17.5 Å². The number of carbonyl (C=O) groups excluding carboxylic acids is 1. The number of nitrogens with one attached hydrogen (secondary N) is 1. The van der Waals surface area contributed by atoms with Crippen LogP contribution in [0.1, 0.15) is 12.5 Å². The molecule has 5 heteroatoms. The first-order chi connectivity index (χ1) is 12.7. The summed E-state index contributed by atoms with van der Waals surface area (Å²) in [6.45, 7) is 2.87. The van der Waals surface area contributed by atoms with E-state index in [0.717, 1.165) is 33.5 Å². The third kappa shape index (κ3) is 3.48. The number of ether oxygens (including phenoxy) is 2. The van der Waals surface area contributed by atoms with E-state index in [4.69, 9.17) is 9.47 Å². The molecule has 0 spiro atoms. The molecule has 0 fully saturated rings. The summed E-state index contributed by atoms with van der Waals surface area (Å²) in [6, 6.07) is 19.7. The van der Waals surface area contributed by atoms with E-state index in [0.29, 0.717) is 6.54 Å². The minimum absolute atomic E-state index is 0.0129. The second-order valence-electron chi connectivity index (χ2n) is 6.47. The molecule has 1 atom stereocenters. The number of carbonyl (C=O) groups is 1. The molecule has 0 bridgehead atoms. The molecule has 132 valence electrons. The Morgan fingerprint density at radius 1 is 1.04 bits per heavy atom. The fourth-order valence-corrected chi connectivity index (χ4v) is 3.01. The van der Waals surface area contributed by atoms with E-state index in [-0.39, 0.29) is 18.7 Å². The first-order valence-electron chi connectivity index (χ1n) is 8.70. The average molecular weight is 349 g/mol. The van der Waals surface area contributed by atoms with Crippen LogP contribution in [-0.4, -0.2) is 18.7 Å². The van der Waals surface area contributed by atoms with Crippen molar-refractivity contribution in [1.29, 1.82) is 0 Å². The van der Waals surface area contributed by atoms with E-state index in [1.165, 1.54) is 0 Å². The summed E-state index contributed by atoms with van der Waals surface area (Å²) >= 11 is 0. The number of benzene rings is 3. The smallest absolute Gasteiger partial charge is 0.282 e. The monoisotopic (exact) mass is 349 g/mol. The molecule has 5 nitrogen and oxygen atoms in total. The second-order valence-corrected chi connectivity index (χ2v) is 6.47. The topological polar surface area (TPSA) is 64.2 Å². The van der Waals surface area contributed by atoms with Crippen molar-refractivity contribution in [1.82, 2.24) is 0 Å². The van der Waals surface area contributed by atoms with Crippen LogP contribution in [0.5, 0.6) is 11.5 Å². The maximum absolute atomic E-state index is 12.5. The van der Waals surface area contributed by atoms with Crippen molar-refractivity contribution in [2.75, 3.05) is 12.1 Å². The van der Waals surface area contributed by atoms with Crippen molar-refractivity contribution in [3.63, 3.8) is 0 Å². The Kier molecular flexibility index (Phi) is 4.46. The summed E-state index contributed by atoms with van der Waals surface area (Å²) < 4.78 is 10.7. The van der Waals surface area contributed by atoms with Crippen LogP contribution >= 0.6 is 0 Å². The van der Waals surface area contributed by atoms with E-state index >= 15 is 0 Å². The van der Waals surface area contributed by atoms with Crippen LogP contribution in [0.15, 0.2) is 60.7 Å². The van der Waals surface area contributed by atoms with Gasteiger partial charge in [-0.15, -0.1) is 0 Å². The molecule has 0 aliphatic carbocycles. The minimum Gasteiger partial charge on any atom is -0.454 e. The van der Waals surface area contributed by atoms with Gasteiger partial charge in [0.1, 0.15) is 6.54 Å². The van der Waals surface area contributed by atoms with Crippen LogP contribution in [0.2, 0.25) is 0 Å². The summed E-state index contributed by atoms with van der Waals surface area (Å²) in [5.41, 5.74) is 1.91. The Bertz CT molecular complexity index is 955. The van der Waals surface area contributed by atoms with Gasteiger partial charge >= 0.3 is 0 Å². The van der Waals surface area contributed by atoms with Crippen molar-refractivity contribution >= 4 is 22.4 Å². The van der Waals surface area contributed by atoms with Crippen LogP contribution in [0.4, 0.5) is 5.69 Å². The molecule has 0 saturated carbocycles. The number of anilines is 1. The highest BCUT2D eigenvalue weighted by molar-refractivity contribution is 5.96. The lowest BCUT2D eigenvalue weighted by Crippen LogP contribution is -2.90. The standard InChI is InChI=1S/C21H20N2O3/c1-14(22-12-15-6-9-19-20(10-15)26-13-25-19)21(24)23-18-8-7-16-4-2-3-5-17(16)11-18/h2-11,14,22H,12-13H2,1H3,(H,23,24)/p+1/t14-/m1/s1. The molecule has 3 N–H and O–H groups in total. The lowest BCUT2D eigenvalue weighted by Gasteiger charge is -2.12. The first-order valence-corrected chi connectivity index (χ1v) is 8.70. The quantitative estimate of drug-likeness (QED) is 0.744. The van der Waals surface area contributed by atoms with Gasteiger partial charge in [-0.2, -0.15) is 0 Å².